The van der Waals surface area contributed by atoms with Crippen LogP contribution in [-0.4, -0.2) is 9.97 Å². The zero-order valence-corrected chi connectivity index (χ0v) is 7.00. The Labute approximate surface area is 88.3 Å². The molecular formula is C12H8N2. The topological polar surface area (TPSA) is 31.6 Å². The van der Waals surface area contributed by atoms with Crippen LogP contribution in [0.1, 0.15) is 8.22 Å². The molecule has 0 aliphatic rings. The Morgan fingerprint density at radius 1 is 0.714 bits per heavy atom. The first-order valence-corrected chi connectivity index (χ1v) is 4.25. The highest BCUT2D eigenvalue weighted by atomic mass is 14.8. The molecule has 0 radical (unpaired) electrons. The van der Waals surface area contributed by atoms with Gasteiger partial charge in [-0.3, -0.25) is 0 Å². The molecule has 66 valence electrons. The van der Waals surface area contributed by atoms with E-state index >= 15 is 0 Å². The molecule has 0 aliphatic carbocycles. The molecule has 2 aromatic heterocycles. The van der Waals surface area contributed by atoms with E-state index in [0.717, 1.165) is 0 Å². The van der Waals surface area contributed by atoms with E-state index in [1.807, 2.05) is 0 Å². The van der Waals surface area contributed by atoms with Gasteiger partial charge in [-0.2, -0.15) is 0 Å². The van der Waals surface area contributed by atoms with Gasteiger partial charge >= 0.3 is 0 Å². The molecule has 2 aromatic carbocycles. The van der Waals surface area contributed by atoms with Crippen molar-refractivity contribution in [3.63, 3.8) is 0 Å². The van der Waals surface area contributed by atoms with Crippen LogP contribution in [-0.2, 0) is 0 Å². The Morgan fingerprint density at radius 3 is 1.43 bits per heavy atom. The van der Waals surface area contributed by atoms with Crippen molar-refractivity contribution in [2.45, 2.75) is 0 Å². The summed E-state index contributed by atoms with van der Waals surface area (Å²) < 4.78 is 47.3. The molecule has 4 aromatic rings. The summed E-state index contributed by atoms with van der Waals surface area (Å²) in [4.78, 5) is 5.82. The molecule has 0 fully saturated rings. The maximum Gasteiger partial charge on any atom is 0.0645 e. The second-order valence-electron chi connectivity index (χ2n) is 3.25. The summed E-state index contributed by atoms with van der Waals surface area (Å²) in [6.07, 6.45) is 0. The Hall–Kier alpha value is -1.96. The molecule has 0 atom stereocenters. The van der Waals surface area contributed by atoms with Gasteiger partial charge in [0, 0.05) is 32.8 Å². The fraction of sp³-hybridized carbons (Fsp3) is 0. The number of rotatable bonds is 0. The number of aromatic nitrogens is 2. The number of hydrogen-bond donors (Lipinski definition) is 2. The summed E-state index contributed by atoms with van der Waals surface area (Å²) in [5.41, 5.74) is 1.50. The quantitative estimate of drug-likeness (QED) is 0.422. The van der Waals surface area contributed by atoms with Crippen LogP contribution in [0.2, 0.25) is 0 Å². The van der Waals surface area contributed by atoms with Crippen molar-refractivity contribution in [1.29, 1.82) is 0 Å². The summed E-state index contributed by atoms with van der Waals surface area (Å²) >= 11 is 0. The zero-order valence-electron chi connectivity index (χ0n) is 13.0. The molecule has 0 aliphatic heterocycles. The SMILES string of the molecule is [2H]c1c([2H])c2[nH]c3c([2H])c([2H])c([2H])c4[nH]c(c1[2H])c2c34. The minimum Gasteiger partial charge on any atom is -0.354 e. The summed E-state index contributed by atoms with van der Waals surface area (Å²) in [6.45, 7) is 0. The maximum absolute atomic E-state index is 7.94. The number of nitrogens with one attached hydrogen (secondary N) is 2. The fourth-order valence-electron chi connectivity index (χ4n) is 1.94. The lowest BCUT2D eigenvalue weighted by atomic mass is 10.2. The van der Waals surface area contributed by atoms with Gasteiger partial charge in [0.2, 0.25) is 0 Å². The summed E-state index contributed by atoms with van der Waals surface area (Å²) in [5, 5.41) is 1.14. The van der Waals surface area contributed by atoms with Crippen molar-refractivity contribution in [3.05, 3.63) is 36.3 Å². The number of benzene rings is 2. The van der Waals surface area contributed by atoms with E-state index < -0.39 is 0 Å². The molecule has 2 heterocycles. The summed E-state index contributed by atoms with van der Waals surface area (Å²) in [5.74, 6) is 0. The average Bonchev–Trinajstić information content (AvgIpc) is 2.99. The van der Waals surface area contributed by atoms with Gasteiger partial charge in [0.1, 0.15) is 0 Å². The molecule has 0 saturated carbocycles. The molecule has 2 N–H and O–H groups in total. The van der Waals surface area contributed by atoms with E-state index in [-0.39, 0.29) is 36.3 Å². The molecular weight excluding hydrogens is 172 g/mol. The third kappa shape index (κ3) is 0.567. The van der Waals surface area contributed by atoms with Crippen LogP contribution in [0.5, 0.6) is 0 Å². The van der Waals surface area contributed by atoms with Gasteiger partial charge in [-0.1, -0.05) is 12.1 Å². The lowest BCUT2D eigenvalue weighted by Crippen LogP contribution is -1.71. The smallest absolute Gasteiger partial charge is 0.0645 e. The maximum atomic E-state index is 7.94. The van der Waals surface area contributed by atoms with Crippen molar-refractivity contribution >= 4 is 32.8 Å². The van der Waals surface area contributed by atoms with Crippen molar-refractivity contribution in [2.75, 3.05) is 0 Å². The first kappa shape index (κ1) is 3.31. The van der Waals surface area contributed by atoms with Crippen molar-refractivity contribution in [2.24, 2.45) is 0 Å². The zero-order chi connectivity index (χ0) is 14.3. The molecule has 0 saturated heterocycles. The molecule has 0 bridgehead atoms. The van der Waals surface area contributed by atoms with Gasteiger partial charge in [0.25, 0.3) is 0 Å². The molecule has 2 nitrogen and oxygen atoms in total. The number of hydrogen-bond acceptors (Lipinski definition) is 0. The minimum atomic E-state index is -0.200. The summed E-state index contributed by atoms with van der Waals surface area (Å²) in [6, 6.07) is -0.799. The second-order valence-corrected chi connectivity index (χ2v) is 3.25. The van der Waals surface area contributed by atoms with Crippen LogP contribution >= 0.6 is 0 Å². The van der Waals surface area contributed by atoms with E-state index in [2.05, 4.69) is 9.97 Å². The Kier molecular flexibility index (Phi) is 0.456. The first-order valence-electron chi connectivity index (χ1n) is 7.25. The third-order valence-corrected chi connectivity index (χ3v) is 2.50. The third-order valence-electron chi connectivity index (χ3n) is 2.50. The lowest BCUT2D eigenvalue weighted by Gasteiger charge is -1.89. The monoisotopic (exact) mass is 186 g/mol. The standard InChI is InChI=1S/C12H8N2/c1-3-7-11-8(4-1)14-10-6-2-5-9(13-7)12(10)11/h1-6,13-14H/i1D,2D,3D,4D,5D,6D. The number of H-pyrrole nitrogens is 2. The van der Waals surface area contributed by atoms with Crippen LogP contribution in [0, 0.1) is 0 Å². The predicted molar refractivity (Wildman–Crippen MR) is 58.8 cm³/mol. The van der Waals surface area contributed by atoms with Crippen molar-refractivity contribution in [3.8, 4) is 0 Å². The lowest BCUT2D eigenvalue weighted by molar-refractivity contribution is 1.50. The highest BCUT2D eigenvalue weighted by molar-refractivity contribution is 6.22. The van der Waals surface area contributed by atoms with Crippen LogP contribution in [0.15, 0.2) is 36.3 Å². The van der Waals surface area contributed by atoms with Gasteiger partial charge in [0.05, 0.1) is 8.22 Å². The Morgan fingerprint density at radius 2 is 1.07 bits per heavy atom. The van der Waals surface area contributed by atoms with E-state index in [1.54, 1.807) is 0 Å². The Balaban J connectivity index is 2.48. The minimum absolute atomic E-state index is 0.0999. The second kappa shape index (κ2) is 1.93. The largest absolute Gasteiger partial charge is 0.354 e. The van der Waals surface area contributed by atoms with E-state index in [1.165, 1.54) is 0 Å². The Bertz CT molecular complexity index is 861. The number of aromatic amines is 2. The molecule has 0 unspecified atom stereocenters. The molecule has 4 rings (SSSR count). The molecule has 0 amide bonds. The summed E-state index contributed by atoms with van der Waals surface area (Å²) in [7, 11) is 0. The van der Waals surface area contributed by atoms with Gasteiger partial charge < -0.3 is 9.97 Å². The van der Waals surface area contributed by atoms with Crippen LogP contribution in [0.3, 0.4) is 0 Å². The van der Waals surface area contributed by atoms with Gasteiger partial charge in [-0.05, 0) is 24.2 Å². The normalized spacial score (nSPS) is 18.3. The van der Waals surface area contributed by atoms with Gasteiger partial charge in [-0.25, -0.2) is 0 Å². The van der Waals surface area contributed by atoms with Gasteiger partial charge in [-0.15, -0.1) is 0 Å². The molecule has 2 heteroatoms. The predicted octanol–water partition coefficient (Wildman–Crippen LogP) is 3.24. The fourth-order valence-corrected chi connectivity index (χ4v) is 1.94. The highest BCUT2D eigenvalue weighted by Gasteiger charge is 2.11. The molecule has 14 heavy (non-hydrogen) atoms. The van der Waals surface area contributed by atoms with E-state index in [0.29, 0.717) is 32.8 Å². The van der Waals surface area contributed by atoms with Crippen molar-refractivity contribution < 1.29 is 8.22 Å². The van der Waals surface area contributed by atoms with E-state index in [4.69, 9.17) is 8.22 Å². The average molecular weight is 186 g/mol. The first-order chi connectivity index (χ1) is 9.43. The highest BCUT2D eigenvalue weighted by Crippen LogP contribution is 2.33. The van der Waals surface area contributed by atoms with Crippen LogP contribution in [0.4, 0.5) is 0 Å². The van der Waals surface area contributed by atoms with Crippen LogP contribution < -0.4 is 0 Å². The van der Waals surface area contributed by atoms with Crippen LogP contribution in [0.25, 0.3) is 32.8 Å². The van der Waals surface area contributed by atoms with Crippen molar-refractivity contribution in [1.82, 2.24) is 9.97 Å². The van der Waals surface area contributed by atoms with E-state index in [9.17, 15) is 0 Å². The van der Waals surface area contributed by atoms with Gasteiger partial charge in [0.15, 0.2) is 0 Å². The molecule has 0 spiro atoms.